The largest absolute Gasteiger partial charge is 0.243 e. The number of hydrazine groups is 1. The summed E-state index contributed by atoms with van der Waals surface area (Å²) in [7, 11) is -2.91. The fraction of sp³-hybridized carbons (Fsp3) is 0.333. The van der Waals surface area contributed by atoms with Gasteiger partial charge in [-0.05, 0) is 18.1 Å². The number of hydrogen-bond donors (Lipinski definition) is 1. The van der Waals surface area contributed by atoms with Crippen LogP contribution in [0.15, 0.2) is 60.7 Å². The van der Waals surface area contributed by atoms with Crippen LogP contribution in [0, 0.1) is 0 Å². The summed E-state index contributed by atoms with van der Waals surface area (Å²) in [6.07, 6.45) is 0. The van der Waals surface area contributed by atoms with Crippen LogP contribution in [0.1, 0.15) is 24.1 Å². The molecule has 3 rings (SSSR count). The smallest absolute Gasteiger partial charge is 0.153 e. The van der Waals surface area contributed by atoms with Crippen LogP contribution in [0.2, 0.25) is 0 Å². The first kappa shape index (κ1) is 16.2. The summed E-state index contributed by atoms with van der Waals surface area (Å²) in [5.41, 5.74) is 5.88. The van der Waals surface area contributed by atoms with Crippen molar-refractivity contribution in [2.45, 2.75) is 19.0 Å². The highest BCUT2D eigenvalue weighted by atomic mass is 32.2. The molecule has 1 aliphatic rings. The minimum atomic E-state index is -2.91. The minimum Gasteiger partial charge on any atom is -0.243 e. The molecule has 1 saturated heterocycles. The monoisotopic (exact) mass is 330 g/mol. The van der Waals surface area contributed by atoms with Gasteiger partial charge in [0.05, 0.1) is 17.5 Å². The van der Waals surface area contributed by atoms with Crippen molar-refractivity contribution in [1.29, 1.82) is 0 Å². The van der Waals surface area contributed by atoms with E-state index >= 15 is 0 Å². The zero-order valence-electron chi connectivity index (χ0n) is 13.2. The van der Waals surface area contributed by atoms with Gasteiger partial charge in [0.15, 0.2) is 9.84 Å². The predicted octanol–water partition coefficient (Wildman–Crippen LogP) is 2.40. The van der Waals surface area contributed by atoms with Gasteiger partial charge in [0, 0.05) is 12.6 Å². The van der Waals surface area contributed by atoms with Crippen molar-refractivity contribution in [2.24, 2.45) is 0 Å². The molecule has 0 bridgehead atoms. The van der Waals surface area contributed by atoms with Crippen molar-refractivity contribution in [3.8, 4) is 0 Å². The Morgan fingerprint density at radius 1 is 1.00 bits per heavy atom. The Balaban J connectivity index is 1.85. The molecule has 1 N–H and O–H groups in total. The predicted molar refractivity (Wildman–Crippen MR) is 92.7 cm³/mol. The van der Waals surface area contributed by atoms with Gasteiger partial charge < -0.3 is 0 Å². The number of nitrogens with zero attached hydrogens (tertiary/aromatic N) is 1. The van der Waals surface area contributed by atoms with Crippen LogP contribution in [-0.2, 0) is 9.84 Å². The van der Waals surface area contributed by atoms with Crippen molar-refractivity contribution in [3.05, 3.63) is 71.8 Å². The first-order valence-electron chi connectivity index (χ1n) is 7.88. The van der Waals surface area contributed by atoms with Crippen molar-refractivity contribution in [1.82, 2.24) is 10.4 Å². The number of rotatable bonds is 4. The highest BCUT2D eigenvalue weighted by Gasteiger charge is 2.30. The van der Waals surface area contributed by atoms with Gasteiger partial charge in [-0.3, -0.25) is 0 Å². The SMILES string of the molecule is CC1CS(=O)(=O)CCN1NC(c1ccccc1)c1ccccc1. The van der Waals surface area contributed by atoms with Crippen LogP contribution in [0.25, 0.3) is 0 Å². The molecule has 1 fully saturated rings. The second-order valence-corrected chi connectivity index (χ2v) is 8.27. The van der Waals surface area contributed by atoms with Crippen molar-refractivity contribution < 1.29 is 8.42 Å². The zero-order chi connectivity index (χ0) is 16.3. The topological polar surface area (TPSA) is 49.4 Å². The van der Waals surface area contributed by atoms with Gasteiger partial charge in [0.25, 0.3) is 0 Å². The van der Waals surface area contributed by atoms with E-state index in [-0.39, 0.29) is 23.6 Å². The molecule has 1 atom stereocenters. The van der Waals surface area contributed by atoms with E-state index in [0.29, 0.717) is 6.54 Å². The molecular formula is C18H22N2O2S. The minimum absolute atomic E-state index is 0.0145. The first-order chi connectivity index (χ1) is 11.1. The maximum Gasteiger partial charge on any atom is 0.153 e. The average Bonchev–Trinajstić information content (AvgIpc) is 2.55. The molecule has 4 nitrogen and oxygen atoms in total. The van der Waals surface area contributed by atoms with Crippen LogP contribution in [0.5, 0.6) is 0 Å². The summed E-state index contributed by atoms with van der Waals surface area (Å²) in [6.45, 7) is 2.47. The lowest BCUT2D eigenvalue weighted by Crippen LogP contribution is -2.54. The summed E-state index contributed by atoms with van der Waals surface area (Å²) in [5.74, 6) is 0.414. The molecule has 2 aromatic carbocycles. The van der Waals surface area contributed by atoms with E-state index in [1.165, 1.54) is 11.1 Å². The molecule has 122 valence electrons. The fourth-order valence-corrected chi connectivity index (χ4v) is 4.55. The number of hydrogen-bond acceptors (Lipinski definition) is 4. The van der Waals surface area contributed by atoms with Crippen molar-refractivity contribution >= 4 is 9.84 Å². The maximum atomic E-state index is 11.8. The van der Waals surface area contributed by atoms with E-state index in [9.17, 15) is 8.42 Å². The summed E-state index contributed by atoms with van der Waals surface area (Å²) < 4.78 is 23.6. The van der Waals surface area contributed by atoms with Gasteiger partial charge >= 0.3 is 0 Å². The van der Waals surface area contributed by atoms with E-state index in [1.807, 2.05) is 43.3 Å². The normalized spacial score (nSPS) is 21.4. The van der Waals surface area contributed by atoms with Crippen LogP contribution >= 0.6 is 0 Å². The second kappa shape index (κ2) is 6.83. The number of sulfone groups is 1. The van der Waals surface area contributed by atoms with E-state index in [0.717, 1.165) is 0 Å². The fourth-order valence-electron chi connectivity index (χ4n) is 2.99. The molecule has 1 unspecified atom stereocenters. The lowest BCUT2D eigenvalue weighted by atomic mass is 9.99. The van der Waals surface area contributed by atoms with Crippen LogP contribution in [-0.4, -0.2) is 37.5 Å². The third-order valence-electron chi connectivity index (χ3n) is 4.23. The van der Waals surface area contributed by atoms with Crippen molar-refractivity contribution in [2.75, 3.05) is 18.1 Å². The van der Waals surface area contributed by atoms with E-state index in [4.69, 9.17) is 0 Å². The van der Waals surface area contributed by atoms with Crippen LogP contribution in [0.3, 0.4) is 0 Å². The molecule has 5 heteroatoms. The lowest BCUT2D eigenvalue weighted by Gasteiger charge is -2.36. The Morgan fingerprint density at radius 2 is 1.52 bits per heavy atom. The Labute approximate surface area is 138 Å². The van der Waals surface area contributed by atoms with E-state index in [1.54, 1.807) is 0 Å². The molecule has 0 aliphatic carbocycles. The van der Waals surface area contributed by atoms with E-state index in [2.05, 4.69) is 34.7 Å². The molecule has 2 aromatic rings. The first-order valence-corrected chi connectivity index (χ1v) is 9.70. The zero-order valence-corrected chi connectivity index (χ0v) is 14.0. The molecule has 0 saturated carbocycles. The highest BCUT2D eigenvalue weighted by Crippen LogP contribution is 2.23. The summed E-state index contributed by atoms with van der Waals surface area (Å²) in [5, 5.41) is 2.06. The molecule has 0 spiro atoms. The standard InChI is InChI=1S/C18H22N2O2S/c1-15-14-23(21,22)13-12-20(15)19-18(16-8-4-2-5-9-16)17-10-6-3-7-11-17/h2-11,15,18-19H,12-14H2,1H3. The third kappa shape index (κ3) is 3.99. The lowest BCUT2D eigenvalue weighted by molar-refractivity contribution is 0.131. The Morgan fingerprint density at radius 3 is 2.00 bits per heavy atom. The van der Waals surface area contributed by atoms with Crippen LogP contribution in [0.4, 0.5) is 0 Å². The van der Waals surface area contributed by atoms with Gasteiger partial charge in [0.1, 0.15) is 0 Å². The van der Waals surface area contributed by atoms with Crippen LogP contribution < -0.4 is 5.43 Å². The molecule has 0 aromatic heterocycles. The van der Waals surface area contributed by atoms with Gasteiger partial charge in [-0.15, -0.1) is 0 Å². The van der Waals surface area contributed by atoms with E-state index < -0.39 is 9.84 Å². The summed E-state index contributed by atoms with van der Waals surface area (Å²) in [6, 6.07) is 20.5. The molecule has 1 aliphatic heterocycles. The summed E-state index contributed by atoms with van der Waals surface area (Å²) in [4.78, 5) is 0. The number of benzene rings is 2. The highest BCUT2D eigenvalue weighted by molar-refractivity contribution is 7.91. The number of nitrogens with one attached hydrogen (secondary N) is 1. The second-order valence-electron chi connectivity index (χ2n) is 6.04. The molecule has 1 heterocycles. The molecule has 0 amide bonds. The van der Waals surface area contributed by atoms with Gasteiger partial charge in [-0.2, -0.15) is 0 Å². The average molecular weight is 330 g/mol. The molecule has 23 heavy (non-hydrogen) atoms. The Hall–Kier alpha value is -1.69. The van der Waals surface area contributed by atoms with Gasteiger partial charge in [-0.25, -0.2) is 18.9 Å². The van der Waals surface area contributed by atoms with Crippen molar-refractivity contribution in [3.63, 3.8) is 0 Å². The Bertz CT molecular complexity index is 693. The van der Waals surface area contributed by atoms with Gasteiger partial charge in [-0.1, -0.05) is 60.7 Å². The summed E-state index contributed by atoms with van der Waals surface area (Å²) >= 11 is 0. The maximum absolute atomic E-state index is 11.8. The molecular weight excluding hydrogens is 308 g/mol. The third-order valence-corrected chi connectivity index (χ3v) is 6.03. The quantitative estimate of drug-likeness (QED) is 0.935. The molecule has 0 radical (unpaired) electrons. The van der Waals surface area contributed by atoms with Gasteiger partial charge in [0.2, 0.25) is 0 Å². The Kier molecular flexibility index (Phi) is 4.80.